The molecular weight excluding hydrogens is 335 g/mol. The predicted molar refractivity (Wildman–Crippen MR) is 91.8 cm³/mol. The lowest BCUT2D eigenvalue weighted by Gasteiger charge is -2.15. The monoisotopic (exact) mass is 350 g/mol. The van der Waals surface area contributed by atoms with Crippen molar-refractivity contribution in [3.05, 3.63) is 69.7 Å². The lowest BCUT2D eigenvalue weighted by molar-refractivity contribution is -0.120. The predicted octanol–water partition coefficient (Wildman–Crippen LogP) is 3.60. The van der Waals surface area contributed by atoms with Crippen LogP contribution in [0.25, 0.3) is 0 Å². The van der Waals surface area contributed by atoms with E-state index in [4.69, 9.17) is 23.2 Å². The first kappa shape index (κ1) is 17.3. The summed E-state index contributed by atoms with van der Waals surface area (Å²) in [5, 5.41) is 6.34. The van der Waals surface area contributed by atoms with E-state index in [0.29, 0.717) is 15.6 Å². The van der Waals surface area contributed by atoms with Gasteiger partial charge in [-0.2, -0.15) is 0 Å². The van der Waals surface area contributed by atoms with Crippen LogP contribution < -0.4 is 10.6 Å². The highest BCUT2D eigenvalue weighted by Crippen LogP contribution is 2.16. The average Bonchev–Trinajstić information content (AvgIpc) is 2.53. The number of hydrogen-bond donors (Lipinski definition) is 2. The van der Waals surface area contributed by atoms with Crippen LogP contribution in [0.5, 0.6) is 0 Å². The zero-order chi connectivity index (χ0) is 16.8. The quantitative estimate of drug-likeness (QED) is 0.865. The van der Waals surface area contributed by atoms with Gasteiger partial charge in [-0.05, 0) is 36.8 Å². The molecule has 2 aromatic rings. The van der Waals surface area contributed by atoms with Crippen LogP contribution in [0.15, 0.2) is 48.5 Å². The maximum atomic E-state index is 12.0. The van der Waals surface area contributed by atoms with Crippen molar-refractivity contribution in [1.82, 2.24) is 10.6 Å². The third kappa shape index (κ3) is 4.98. The fourth-order valence-corrected chi connectivity index (χ4v) is 2.38. The molecule has 0 bridgehead atoms. The van der Waals surface area contributed by atoms with Gasteiger partial charge in [-0.1, -0.05) is 47.5 Å². The van der Waals surface area contributed by atoms with Gasteiger partial charge in [0.05, 0.1) is 23.2 Å². The van der Waals surface area contributed by atoms with Crippen molar-refractivity contribution in [2.24, 2.45) is 0 Å². The molecule has 0 heterocycles. The molecule has 2 amide bonds. The van der Waals surface area contributed by atoms with Gasteiger partial charge >= 0.3 is 0 Å². The molecule has 6 heteroatoms. The molecule has 0 aromatic heterocycles. The largest absolute Gasteiger partial charge is 0.348 e. The second-order valence-electron chi connectivity index (χ2n) is 5.00. The summed E-state index contributed by atoms with van der Waals surface area (Å²) in [5.41, 5.74) is 1.27. The average molecular weight is 351 g/mol. The topological polar surface area (TPSA) is 58.2 Å². The molecule has 2 N–H and O–H groups in total. The summed E-state index contributed by atoms with van der Waals surface area (Å²) in [6.45, 7) is 1.74. The first-order valence-corrected chi connectivity index (χ1v) is 7.80. The number of carbonyl (C=O) groups is 2. The van der Waals surface area contributed by atoms with Gasteiger partial charge in [0.25, 0.3) is 5.91 Å². The number of benzene rings is 2. The highest BCUT2D eigenvalue weighted by molar-refractivity contribution is 6.33. The van der Waals surface area contributed by atoms with Crippen molar-refractivity contribution in [1.29, 1.82) is 0 Å². The van der Waals surface area contributed by atoms with E-state index in [9.17, 15) is 9.59 Å². The van der Waals surface area contributed by atoms with E-state index in [2.05, 4.69) is 10.6 Å². The van der Waals surface area contributed by atoms with E-state index in [0.717, 1.165) is 5.56 Å². The molecule has 0 fully saturated rings. The Hall–Kier alpha value is -2.04. The number of carbonyl (C=O) groups excluding carboxylic acids is 2. The summed E-state index contributed by atoms with van der Waals surface area (Å²) >= 11 is 11.8. The number of hydrogen-bond acceptors (Lipinski definition) is 2. The first-order valence-electron chi connectivity index (χ1n) is 7.05. The standard InChI is InChI=1S/C17H16Cl2N2O2/c1-11(12-6-8-13(18)9-7-12)21-16(22)10-20-17(23)14-4-2-3-5-15(14)19/h2-9,11H,10H2,1H3,(H,20,23)(H,21,22)/t11-/m0/s1. The van der Waals surface area contributed by atoms with Gasteiger partial charge in [0.2, 0.25) is 5.91 Å². The Kier molecular flexibility index (Phi) is 6.02. The molecule has 0 aliphatic rings. The summed E-state index contributed by atoms with van der Waals surface area (Å²) < 4.78 is 0. The van der Waals surface area contributed by atoms with Gasteiger partial charge in [-0.15, -0.1) is 0 Å². The molecule has 1 atom stereocenters. The number of amides is 2. The Morgan fingerprint density at radius 3 is 2.35 bits per heavy atom. The van der Waals surface area contributed by atoms with Gasteiger partial charge in [-0.3, -0.25) is 9.59 Å². The molecular formula is C17H16Cl2N2O2. The SMILES string of the molecule is C[C@H](NC(=O)CNC(=O)c1ccccc1Cl)c1ccc(Cl)cc1. The fraction of sp³-hybridized carbons (Fsp3) is 0.176. The van der Waals surface area contributed by atoms with Gasteiger partial charge < -0.3 is 10.6 Å². The minimum Gasteiger partial charge on any atom is -0.348 e. The van der Waals surface area contributed by atoms with E-state index >= 15 is 0 Å². The van der Waals surface area contributed by atoms with Crippen LogP contribution in [0.1, 0.15) is 28.9 Å². The van der Waals surface area contributed by atoms with Crippen LogP contribution in [-0.4, -0.2) is 18.4 Å². The Labute approximate surface area is 144 Å². The normalized spacial score (nSPS) is 11.6. The van der Waals surface area contributed by atoms with Crippen LogP contribution in [-0.2, 0) is 4.79 Å². The van der Waals surface area contributed by atoms with Crippen molar-refractivity contribution in [2.75, 3.05) is 6.54 Å². The fourth-order valence-electron chi connectivity index (χ4n) is 2.03. The van der Waals surface area contributed by atoms with E-state index in [1.807, 2.05) is 19.1 Å². The second kappa shape index (κ2) is 7.99. The minimum absolute atomic E-state index is 0.123. The van der Waals surface area contributed by atoms with Crippen molar-refractivity contribution < 1.29 is 9.59 Å². The summed E-state index contributed by atoms with van der Waals surface area (Å²) in [5.74, 6) is -0.669. The lowest BCUT2D eigenvalue weighted by Crippen LogP contribution is -2.38. The van der Waals surface area contributed by atoms with Gasteiger partial charge in [-0.25, -0.2) is 0 Å². The van der Waals surface area contributed by atoms with Crippen molar-refractivity contribution >= 4 is 35.0 Å². The van der Waals surface area contributed by atoms with Crippen molar-refractivity contribution in [3.63, 3.8) is 0 Å². The number of rotatable bonds is 5. The maximum absolute atomic E-state index is 12.0. The second-order valence-corrected chi connectivity index (χ2v) is 5.85. The molecule has 0 radical (unpaired) electrons. The van der Waals surface area contributed by atoms with E-state index in [1.165, 1.54) is 0 Å². The molecule has 4 nitrogen and oxygen atoms in total. The van der Waals surface area contributed by atoms with Crippen LogP contribution in [0.2, 0.25) is 10.0 Å². The molecule has 2 aromatic carbocycles. The molecule has 2 rings (SSSR count). The molecule has 0 spiro atoms. The summed E-state index contributed by atoms with van der Waals surface area (Å²) in [6.07, 6.45) is 0. The third-order valence-corrected chi connectivity index (χ3v) is 3.86. The number of halogens is 2. The van der Waals surface area contributed by atoms with Crippen LogP contribution >= 0.6 is 23.2 Å². The number of nitrogens with one attached hydrogen (secondary N) is 2. The van der Waals surface area contributed by atoms with Crippen molar-refractivity contribution in [2.45, 2.75) is 13.0 Å². The highest BCUT2D eigenvalue weighted by atomic mass is 35.5. The molecule has 0 unspecified atom stereocenters. The Bertz CT molecular complexity index is 702. The molecule has 0 aliphatic carbocycles. The van der Waals surface area contributed by atoms with Gasteiger partial charge in [0, 0.05) is 5.02 Å². The Morgan fingerprint density at radius 2 is 1.70 bits per heavy atom. The zero-order valence-electron chi connectivity index (χ0n) is 12.5. The highest BCUT2D eigenvalue weighted by Gasteiger charge is 2.13. The van der Waals surface area contributed by atoms with Gasteiger partial charge in [0.1, 0.15) is 0 Å². The van der Waals surface area contributed by atoms with Gasteiger partial charge in [0.15, 0.2) is 0 Å². The molecule has 0 saturated heterocycles. The molecule has 0 saturated carbocycles. The Morgan fingerprint density at radius 1 is 1.04 bits per heavy atom. The van der Waals surface area contributed by atoms with E-state index < -0.39 is 0 Å². The van der Waals surface area contributed by atoms with Crippen molar-refractivity contribution in [3.8, 4) is 0 Å². The zero-order valence-corrected chi connectivity index (χ0v) is 14.0. The molecule has 0 aliphatic heterocycles. The maximum Gasteiger partial charge on any atom is 0.253 e. The van der Waals surface area contributed by atoms with E-state index in [-0.39, 0.29) is 24.4 Å². The first-order chi connectivity index (χ1) is 11.0. The lowest BCUT2D eigenvalue weighted by atomic mass is 10.1. The summed E-state index contributed by atoms with van der Waals surface area (Å²) in [4.78, 5) is 23.9. The summed E-state index contributed by atoms with van der Waals surface area (Å²) in [6, 6.07) is 13.7. The van der Waals surface area contributed by atoms with E-state index in [1.54, 1.807) is 36.4 Å². The molecule has 23 heavy (non-hydrogen) atoms. The molecule has 120 valence electrons. The van der Waals surface area contributed by atoms with Crippen LogP contribution in [0.4, 0.5) is 0 Å². The smallest absolute Gasteiger partial charge is 0.253 e. The summed E-state index contributed by atoms with van der Waals surface area (Å²) in [7, 11) is 0. The van der Waals surface area contributed by atoms with Crippen LogP contribution in [0.3, 0.4) is 0 Å². The van der Waals surface area contributed by atoms with Crippen LogP contribution in [0, 0.1) is 0 Å². The minimum atomic E-state index is -0.384. The third-order valence-electron chi connectivity index (χ3n) is 3.28. The Balaban J connectivity index is 1.86.